The van der Waals surface area contributed by atoms with Gasteiger partial charge in [-0.1, -0.05) is 0 Å². The van der Waals surface area contributed by atoms with Crippen LogP contribution in [0.15, 0.2) is 23.1 Å². The van der Waals surface area contributed by atoms with Gasteiger partial charge in [0.2, 0.25) is 5.43 Å². The molecular weight excluding hydrogens is 431 g/mol. The van der Waals surface area contributed by atoms with Crippen LogP contribution in [-0.4, -0.2) is 31.8 Å². The number of thiophene rings is 1. The third kappa shape index (κ3) is 3.24. The second-order valence-electron chi connectivity index (χ2n) is 8.39. The SMILES string of the molecule is CNC1CCCc2sc(-c3c(F)cc4c(=O)c(C(=O)OC)cn(C5CC5)c4c3OC)cc21. The van der Waals surface area contributed by atoms with E-state index in [1.807, 2.05) is 11.6 Å². The van der Waals surface area contributed by atoms with E-state index in [4.69, 9.17) is 9.47 Å². The van der Waals surface area contributed by atoms with Crippen molar-refractivity contribution in [2.75, 3.05) is 21.3 Å². The number of aryl methyl sites for hydroxylation is 1. The van der Waals surface area contributed by atoms with Crippen molar-refractivity contribution in [1.29, 1.82) is 0 Å². The molecular formula is C24H25FN2O4S. The number of hydrogen-bond acceptors (Lipinski definition) is 6. The molecule has 2 aliphatic carbocycles. The number of esters is 1. The second-order valence-corrected chi connectivity index (χ2v) is 9.52. The number of carbonyl (C=O) groups is 1. The molecule has 2 aromatic heterocycles. The average Bonchev–Trinajstić information content (AvgIpc) is 3.55. The van der Waals surface area contributed by atoms with Gasteiger partial charge in [0, 0.05) is 28.0 Å². The molecule has 1 unspecified atom stereocenters. The highest BCUT2D eigenvalue weighted by Crippen LogP contribution is 2.47. The summed E-state index contributed by atoms with van der Waals surface area (Å²) >= 11 is 1.58. The van der Waals surface area contributed by atoms with Crippen LogP contribution in [0.25, 0.3) is 21.3 Å². The van der Waals surface area contributed by atoms with Gasteiger partial charge in [-0.25, -0.2) is 9.18 Å². The largest absolute Gasteiger partial charge is 0.494 e. The Labute approximate surface area is 189 Å². The highest BCUT2D eigenvalue weighted by Gasteiger charge is 2.31. The Hall–Kier alpha value is -2.71. The van der Waals surface area contributed by atoms with Crippen molar-refractivity contribution in [3.05, 3.63) is 50.4 Å². The number of ether oxygens (including phenoxy) is 2. The fourth-order valence-electron chi connectivity index (χ4n) is 4.76. The van der Waals surface area contributed by atoms with Crippen molar-refractivity contribution in [3.8, 4) is 16.2 Å². The molecule has 0 spiro atoms. The van der Waals surface area contributed by atoms with Gasteiger partial charge in [0.25, 0.3) is 0 Å². The molecule has 2 aliphatic rings. The van der Waals surface area contributed by atoms with Crippen molar-refractivity contribution < 1.29 is 18.7 Å². The van der Waals surface area contributed by atoms with Crippen LogP contribution in [0.3, 0.4) is 0 Å². The maximum atomic E-state index is 15.6. The highest BCUT2D eigenvalue weighted by molar-refractivity contribution is 7.15. The molecule has 0 bridgehead atoms. The van der Waals surface area contributed by atoms with Gasteiger partial charge < -0.3 is 19.4 Å². The Bertz CT molecular complexity index is 1290. The first-order valence-electron chi connectivity index (χ1n) is 10.8. The molecule has 2 heterocycles. The lowest BCUT2D eigenvalue weighted by atomic mass is 9.93. The molecule has 32 heavy (non-hydrogen) atoms. The molecule has 3 aromatic rings. The molecule has 1 fully saturated rings. The standard InChI is InChI=1S/C24H25FN2O4S/c1-26-17-5-4-6-18-13(17)10-19(32-18)20-16(25)9-14-21(23(20)30-2)27(12-7-8-12)11-15(22(14)28)24(29)31-3/h9-12,17,26H,4-8H2,1-3H3. The van der Waals surface area contributed by atoms with Crippen molar-refractivity contribution in [1.82, 2.24) is 9.88 Å². The van der Waals surface area contributed by atoms with Gasteiger partial charge in [-0.05, 0) is 56.8 Å². The average molecular weight is 457 g/mol. The molecule has 0 aliphatic heterocycles. The maximum absolute atomic E-state index is 15.6. The normalized spacial score (nSPS) is 17.9. The number of aromatic nitrogens is 1. The number of nitrogens with one attached hydrogen (secondary N) is 1. The Morgan fingerprint density at radius 2 is 2.03 bits per heavy atom. The molecule has 0 radical (unpaired) electrons. The van der Waals surface area contributed by atoms with Crippen molar-refractivity contribution >= 4 is 28.2 Å². The Morgan fingerprint density at radius 1 is 1.25 bits per heavy atom. The molecule has 0 amide bonds. The summed E-state index contributed by atoms with van der Waals surface area (Å²) in [6.45, 7) is 0. The fourth-order valence-corrected chi connectivity index (χ4v) is 6.07. The first-order valence-corrected chi connectivity index (χ1v) is 11.6. The molecule has 8 heteroatoms. The van der Waals surface area contributed by atoms with Crippen LogP contribution in [-0.2, 0) is 11.2 Å². The molecule has 6 nitrogen and oxygen atoms in total. The zero-order valence-corrected chi connectivity index (χ0v) is 19.1. The number of methoxy groups -OCH3 is 2. The smallest absolute Gasteiger partial charge is 0.343 e. The number of pyridine rings is 1. The van der Waals surface area contributed by atoms with Crippen molar-refractivity contribution in [2.45, 2.75) is 44.2 Å². The maximum Gasteiger partial charge on any atom is 0.343 e. The van der Waals surface area contributed by atoms with Crippen LogP contribution < -0.4 is 15.5 Å². The number of carbonyl (C=O) groups excluding carboxylic acids is 1. The van der Waals surface area contributed by atoms with Gasteiger partial charge in [0.15, 0.2) is 5.75 Å². The topological polar surface area (TPSA) is 69.6 Å². The van der Waals surface area contributed by atoms with Crippen molar-refractivity contribution in [2.24, 2.45) is 0 Å². The van der Waals surface area contributed by atoms with Crippen LogP contribution >= 0.6 is 11.3 Å². The predicted octanol–water partition coefficient (Wildman–Crippen LogP) is 4.60. The van der Waals surface area contributed by atoms with E-state index in [9.17, 15) is 9.59 Å². The summed E-state index contributed by atoms with van der Waals surface area (Å²) in [6, 6.07) is 3.69. The van der Waals surface area contributed by atoms with E-state index in [-0.39, 0.29) is 23.0 Å². The van der Waals surface area contributed by atoms with Crippen LogP contribution in [0.2, 0.25) is 0 Å². The van der Waals surface area contributed by atoms with E-state index >= 15 is 4.39 Å². The Morgan fingerprint density at radius 3 is 2.69 bits per heavy atom. The quantitative estimate of drug-likeness (QED) is 0.569. The number of rotatable bonds is 5. The van der Waals surface area contributed by atoms with Gasteiger partial charge in [0.05, 0.1) is 30.7 Å². The third-order valence-electron chi connectivity index (χ3n) is 6.48. The minimum atomic E-state index is -0.723. The molecule has 1 N–H and O–H groups in total. The summed E-state index contributed by atoms with van der Waals surface area (Å²) in [5.41, 5.74) is 1.47. The van der Waals surface area contributed by atoms with E-state index in [0.717, 1.165) is 37.0 Å². The lowest BCUT2D eigenvalue weighted by molar-refractivity contribution is 0.0598. The zero-order chi connectivity index (χ0) is 22.6. The zero-order valence-electron chi connectivity index (χ0n) is 18.3. The second kappa shape index (κ2) is 8.01. The van der Waals surface area contributed by atoms with Crippen LogP contribution in [0.1, 0.15) is 58.6 Å². The van der Waals surface area contributed by atoms with E-state index in [0.29, 0.717) is 16.8 Å². The molecule has 1 atom stereocenters. The first-order chi connectivity index (χ1) is 15.5. The van der Waals surface area contributed by atoms with E-state index in [1.165, 1.54) is 36.9 Å². The summed E-state index contributed by atoms with van der Waals surface area (Å²) in [5.74, 6) is -0.922. The molecule has 5 rings (SSSR count). The minimum absolute atomic E-state index is 0.0930. The number of halogens is 1. The summed E-state index contributed by atoms with van der Waals surface area (Å²) in [7, 11) is 4.67. The third-order valence-corrected chi connectivity index (χ3v) is 7.71. The number of hydrogen-bond donors (Lipinski definition) is 1. The number of fused-ring (bicyclic) bond motifs is 2. The molecule has 1 saturated carbocycles. The van der Waals surface area contributed by atoms with Crippen LogP contribution in [0, 0.1) is 5.82 Å². The van der Waals surface area contributed by atoms with Gasteiger partial charge >= 0.3 is 5.97 Å². The first kappa shape index (κ1) is 21.2. The monoisotopic (exact) mass is 456 g/mol. The highest BCUT2D eigenvalue weighted by atomic mass is 32.1. The van der Waals surface area contributed by atoms with Crippen LogP contribution in [0.4, 0.5) is 4.39 Å². The summed E-state index contributed by atoms with van der Waals surface area (Å²) < 4.78 is 28.0. The van der Waals surface area contributed by atoms with Gasteiger partial charge in [0.1, 0.15) is 11.4 Å². The Balaban J connectivity index is 1.80. The van der Waals surface area contributed by atoms with Gasteiger partial charge in [-0.2, -0.15) is 0 Å². The van der Waals surface area contributed by atoms with Gasteiger partial charge in [-0.3, -0.25) is 4.79 Å². The number of benzene rings is 1. The van der Waals surface area contributed by atoms with Crippen LogP contribution in [0.5, 0.6) is 5.75 Å². The van der Waals surface area contributed by atoms with E-state index in [2.05, 4.69) is 11.4 Å². The number of nitrogens with zero attached hydrogens (tertiary/aromatic N) is 1. The summed E-state index contributed by atoms with van der Waals surface area (Å²) in [6.07, 6.45) is 6.50. The molecule has 0 saturated heterocycles. The predicted molar refractivity (Wildman–Crippen MR) is 122 cm³/mol. The Kier molecular flexibility index (Phi) is 5.29. The lowest BCUT2D eigenvalue weighted by Gasteiger charge is -2.21. The minimum Gasteiger partial charge on any atom is -0.494 e. The fraction of sp³-hybridized carbons (Fsp3) is 0.417. The van der Waals surface area contributed by atoms with Crippen molar-refractivity contribution in [3.63, 3.8) is 0 Å². The van der Waals surface area contributed by atoms with E-state index in [1.54, 1.807) is 11.3 Å². The van der Waals surface area contributed by atoms with E-state index < -0.39 is 17.2 Å². The van der Waals surface area contributed by atoms with Gasteiger partial charge in [-0.15, -0.1) is 11.3 Å². The summed E-state index contributed by atoms with van der Waals surface area (Å²) in [5, 5.41) is 3.48. The molecule has 168 valence electrons. The summed E-state index contributed by atoms with van der Waals surface area (Å²) in [4.78, 5) is 27.3. The lowest BCUT2D eigenvalue weighted by Crippen LogP contribution is -2.20. The molecule has 1 aromatic carbocycles.